The highest BCUT2D eigenvalue weighted by atomic mass is 79.9. The summed E-state index contributed by atoms with van der Waals surface area (Å²) in [4.78, 5) is 36.5. The molecule has 1 spiro atoms. The molecule has 2 heterocycles. The number of benzene rings is 1. The van der Waals surface area contributed by atoms with Crippen molar-refractivity contribution < 1.29 is 14.4 Å². The summed E-state index contributed by atoms with van der Waals surface area (Å²) in [5, 5.41) is 8.06. The monoisotopic (exact) mass is 396 g/mol. The van der Waals surface area contributed by atoms with Crippen molar-refractivity contribution in [3.8, 4) is 0 Å². The first kappa shape index (κ1) is 16.0. The van der Waals surface area contributed by atoms with Gasteiger partial charge in [0.15, 0.2) is 5.17 Å². The Balaban J connectivity index is 2.18. The maximum atomic E-state index is 13.0. The smallest absolute Gasteiger partial charge is 0.270 e. The van der Waals surface area contributed by atoms with Gasteiger partial charge in [0.05, 0.1) is 5.69 Å². The number of hydrogen-bond acceptors (Lipinski definition) is 5. The van der Waals surface area contributed by atoms with E-state index in [0.717, 1.165) is 21.2 Å². The van der Waals surface area contributed by atoms with E-state index in [4.69, 9.17) is 0 Å². The van der Waals surface area contributed by atoms with Crippen LogP contribution in [0.5, 0.6) is 0 Å². The average molecular weight is 397 g/mol. The van der Waals surface area contributed by atoms with Crippen molar-refractivity contribution in [1.82, 2.24) is 10.3 Å². The first-order valence-corrected chi connectivity index (χ1v) is 8.32. The number of nitrogens with zero attached hydrogens (tertiary/aromatic N) is 3. The summed E-state index contributed by atoms with van der Waals surface area (Å²) in [6.45, 7) is 2.69. The number of amides is 3. The van der Waals surface area contributed by atoms with Crippen LogP contribution in [0.15, 0.2) is 27.8 Å². The van der Waals surface area contributed by atoms with Crippen LogP contribution in [0.3, 0.4) is 0 Å². The van der Waals surface area contributed by atoms with Crippen LogP contribution in [0, 0.1) is 0 Å². The van der Waals surface area contributed by atoms with E-state index >= 15 is 0 Å². The van der Waals surface area contributed by atoms with Gasteiger partial charge in [-0.1, -0.05) is 15.9 Å². The van der Waals surface area contributed by atoms with Gasteiger partial charge < -0.3 is 10.2 Å². The van der Waals surface area contributed by atoms with Gasteiger partial charge in [0.1, 0.15) is 0 Å². The molecule has 2 aliphatic heterocycles. The number of nitrogens with one attached hydrogen (secondary N) is 1. The molecule has 0 bridgehead atoms. The van der Waals surface area contributed by atoms with Gasteiger partial charge in [-0.3, -0.25) is 14.4 Å². The van der Waals surface area contributed by atoms with E-state index in [2.05, 4.69) is 26.3 Å². The minimum Gasteiger partial charge on any atom is -0.312 e. The molecule has 0 unspecified atom stereocenters. The quantitative estimate of drug-likeness (QED) is 0.721. The Morgan fingerprint density at radius 3 is 2.65 bits per heavy atom. The van der Waals surface area contributed by atoms with Crippen molar-refractivity contribution in [3.05, 3.63) is 28.2 Å². The predicted octanol–water partition coefficient (Wildman–Crippen LogP) is 1.58. The van der Waals surface area contributed by atoms with Crippen LogP contribution in [-0.2, 0) is 19.3 Å². The van der Waals surface area contributed by atoms with E-state index < -0.39 is 4.87 Å². The van der Waals surface area contributed by atoms with Gasteiger partial charge in [0.25, 0.3) is 5.91 Å². The fourth-order valence-corrected chi connectivity index (χ4v) is 4.40. The number of carbonyl (C=O) groups excluding carboxylic acids is 3. The molecular formula is C14H13BrN4O3S. The summed E-state index contributed by atoms with van der Waals surface area (Å²) in [6.07, 6.45) is 0. The number of hydrogen-bond donors (Lipinski definition) is 1. The zero-order valence-corrected chi connectivity index (χ0v) is 15.0. The third-order valence-corrected chi connectivity index (χ3v) is 5.33. The summed E-state index contributed by atoms with van der Waals surface area (Å²) >= 11 is 4.46. The highest BCUT2D eigenvalue weighted by Gasteiger charge is 2.60. The predicted molar refractivity (Wildman–Crippen MR) is 90.6 cm³/mol. The molecule has 7 nitrogen and oxygen atoms in total. The van der Waals surface area contributed by atoms with E-state index in [9.17, 15) is 14.4 Å². The molecule has 1 atom stereocenters. The number of rotatable bonds is 0. The van der Waals surface area contributed by atoms with Crippen molar-refractivity contribution in [2.75, 3.05) is 11.9 Å². The molecule has 3 rings (SSSR count). The number of carbonyl (C=O) groups is 3. The standard InChI is InChI=1S/C14H13BrN4O3S/c1-7(20)16-13-17-19(8(2)21)14(23-13)10-6-9(15)4-5-11(10)18(3)12(14)22/h4-6H,1-3H3,(H,16,17,20)/t14-/m1/s1. The van der Waals surface area contributed by atoms with Crippen molar-refractivity contribution in [2.45, 2.75) is 18.7 Å². The lowest BCUT2D eigenvalue weighted by Gasteiger charge is -2.29. The SMILES string of the molecule is CC(=O)NC1=NN(C(C)=O)[C@]2(S1)C(=O)N(C)c1ccc(Br)cc12. The Kier molecular flexibility index (Phi) is 3.72. The molecular weight excluding hydrogens is 384 g/mol. The summed E-state index contributed by atoms with van der Waals surface area (Å²) in [5.74, 6) is -0.979. The number of halogens is 1. The summed E-state index contributed by atoms with van der Waals surface area (Å²) in [5.41, 5.74) is 1.36. The van der Waals surface area contributed by atoms with Crippen molar-refractivity contribution in [1.29, 1.82) is 0 Å². The second-order valence-electron chi connectivity index (χ2n) is 5.19. The van der Waals surface area contributed by atoms with Crippen LogP contribution in [0.4, 0.5) is 5.69 Å². The van der Waals surface area contributed by atoms with E-state index in [1.807, 2.05) is 6.07 Å². The Labute approximate surface area is 145 Å². The second-order valence-corrected chi connectivity index (χ2v) is 7.29. The Morgan fingerprint density at radius 2 is 2.04 bits per heavy atom. The minimum absolute atomic E-state index is 0.224. The highest BCUT2D eigenvalue weighted by molar-refractivity contribution is 9.10. The van der Waals surface area contributed by atoms with Crippen molar-refractivity contribution in [3.63, 3.8) is 0 Å². The van der Waals surface area contributed by atoms with Crippen LogP contribution in [0.2, 0.25) is 0 Å². The van der Waals surface area contributed by atoms with Gasteiger partial charge in [-0.2, -0.15) is 5.01 Å². The molecule has 3 amide bonds. The molecule has 0 saturated heterocycles. The second kappa shape index (κ2) is 5.34. The van der Waals surface area contributed by atoms with Crippen molar-refractivity contribution in [2.24, 2.45) is 5.10 Å². The van der Waals surface area contributed by atoms with Crippen LogP contribution in [0.25, 0.3) is 0 Å². The molecule has 0 aromatic heterocycles. The molecule has 120 valence electrons. The maximum absolute atomic E-state index is 13.0. The lowest BCUT2D eigenvalue weighted by molar-refractivity contribution is -0.139. The zero-order chi connectivity index (χ0) is 16.9. The van der Waals surface area contributed by atoms with Gasteiger partial charge in [0.2, 0.25) is 16.7 Å². The summed E-state index contributed by atoms with van der Waals surface area (Å²) < 4.78 is 0.788. The first-order valence-electron chi connectivity index (χ1n) is 6.71. The van der Waals surface area contributed by atoms with Crippen molar-refractivity contribution >= 4 is 56.3 Å². The topological polar surface area (TPSA) is 82.1 Å². The van der Waals surface area contributed by atoms with E-state index in [-0.39, 0.29) is 22.9 Å². The molecule has 1 aromatic rings. The molecule has 0 aliphatic carbocycles. The van der Waals surface area contributed by atoms with Crippen LogP contribution in [0.1, 0.15) is 19.4 Å². The molecule has 0 radical (unpaired) electrons. The number of thioether (sulfide) groups is 1. The number of anilines is 1. The van der Waals surface area contributed by atoms with Crippen LogP contribution < -0.4 is 10.2 Å². The largest absolute Gasteiger partial charge is 0.312 e. The normalized spacial score (nSPS) is 22.4. The van der Waals surface area contributed by atoms with Gasteiger partial charge in [-0.25, -0.2) is 0 Å². The van der Waals surface area contributed by atoms with Crippen LogP contribution in [-0.4, -0.2) is 34.9 Å². The van der Waals surface area contributed by atoms with E-state index in [0.29, 0.717) is 11.3 Å². The Hall–Kier alpha value is -1.87. The van der Waals surface area contributed by atoms with E-state index in [1.54, 1.807) is 19.2 Å². The summed E-state index contributed by atoms with van der Waals surface area (Å²) in [7, 11) is 1.65. The maximum Gasteiger partial charge on any atom is 0.270 e. The molecule has 1 aromatic carbocycles. The molecule has 23 heavy (non-hydrogen) atoms. The first-order chi connectivity index (χ1) is 10.8. The third-order valence-electron chi connectivity index (χ3n) is 3.59. The average Bonchev–Trinajstić information content (AvgIpc) is 2.93. The van der Waals surface area contributed by atoms with Gasteiger partial charge in [-0.05, 0) is 30.0 Å². The molecule has 2 aliphatic rings. The van der Waals surface area contributed by atoms with Gasteiger partial charge in [-0.15, -0.1) is 5.10 Å². The molecule has 0 saturated carbocycles. The Morgan fingerprint density at radius 1 is 1.35 bits per heavy atom. The lowest BCUT2D eigenvalue weighted by Crippen LogP contribution is -2.47. The summed E-state index contributed by atoms with van der Waals surface area (Å²) in [6, 6.07) is 5.43. The lowest BCUT2D eigenvalue weighted by atomic mass is 10.1. The number of fused-ring (bicyclic) bond motifs is 2. The molecule has 1 N–H and O–H groups in total. The van der Waals surface area contributed by atoms with Gasteiger partial charge in [0, 0.05) is 30.9 Å². The number of amidine groups is 1. The van der Waals surface area contributed by atoms with Crippen LogP contribution >= 0.6 is 27.7 Å². The Bertz CT molecular complexity index is 781. The third kappa shape index (κ3) is 2.26. The number of hydrazone groups is 1. The zero-order valence-electron chi connectivity index (χ0n) is 12.6. The molecule has 9 heteroatoms. The minimum atomic E-state index is -1.32. The fourth-order valence-electron chi connectivity index (χ4n) is 2.69. The van der Waals surface area contributed by atoms with Gasteiger partial charge >= 0.3 is 0 Å². The highest BCUT2D eigenvalue weighted by Crippen LogP contribution is 2.54. The molecule has 0 fully saturated rings. The van der Waals surface area contributed by atoms with E-state index in [1.165, 1.54) is 18.7 Å². The number of likely N-dealkylation sites (N-methyl/N-ethyl adjacent to an activating group) is 1. The fraction of sp³-hybridized carbons (Fsp3) is 0.286.